The van der Waals surface area contributed by atoms with E-state index in [0.717, 1.165) is 35.3 Å². The van der Waals surface area contributed by atoms with Crippen LogP contribution in [0.15, 0.2) is 61.3 Å². The second kappa shape index (κ2) is 11.5. The average Bonchev–Trinajstić information content (AvgIpc) is 3.70. The zero-order valence-corrected chi connectivity index (χ0v) is 26.3. The van der Waals surface area contributed by atoms with E-state index in [4.69, 9.17) is 19.4 Å². The molecule has 7 rings (SSSR count). The van der Waals surface area contributed by atoms with Crippen molar-refractivity contribution >= 4 is 63.3 Å². The van der Waals surface area contributed by atoms with Gasteiger partial charge in [0.15, 0.2) is 0 Å². The number of nitrogens with zero attached hydrogens (tertiary/aromatic N) is 7. The minimum Gasteiger partial charge on any atom is -0.494 e. The van der Waals surface area contributed by atoms with Gasteiger partial charge >= 0.3 is 0 Å². The summed E-state index contributed by atoms with van der Waals surface area (Å²) in [5.74, 6) is 1.53. The van der Waals surface area contributed by atoms with E-state index in [1.165, 1.54) is 0 Å². The fourth-order valence-electron chi connectivity index (χ4n) is 5.70. The minimum absolute atomic E-state index is 0.348. The lowest BCUT2D eigenvalue weighted by Gasteiger charge is -2.31. The maximum atomic E-state index is 13.5. The van der Waals surface area contributed by atoms with Gasteiger partial charge in [-0.1, -0.05) is 0 Å². The lowest BCUT2D eigenvalue weighted by Crippen LogP contribution is -2.36. The number of ether oxygens (including phenoxy) is 2. The molecule has 1 aliphatic rings. The maximum Gasteiger partial charge on any atom is 0.231 e. The Hall–Kier alpha value is -5.00. The standard InChI is InChI=1S/C31H33N10O3P/c1-40-18-19(17-35-40)21-15-24(26(43-2)16-25(21)41-11-13-44-14-12-41)37-31-38-29-20(7-8-34-29)30(39-31)36-23-6-5-22-27(33-10-9-32-22)28(23)45(3,4)42/h5-10,15-18H,11-14H2,1-4H3,(H3,34,36,37,38,39). The van der Waals surface area contributed by atoms with Gasteiger partial charge in [-0.2, -0.15) is 15.1 Å². The van der Waals surface area contributed by atoms with Crippen LogP contribution in [-0.4, -0.2) is 81.4 Å². The molecule has 1 saturated heterocycles. The number of morpholine rings is 1. The van der Waals surface area contributed by atoms with Crippen LogP contribution in [0.3, 0.4) is 0 Å². The van der Waals surface area contributed by atoms with E-state index in [-0.39, 0.29) is 0 Å². The van der Waals surface area contributed by atoms with E-state index in [1.807, 2.05) is 56.0 Å². The van der Waals surface area contributed by atoms with E-state index < -0.39 is 7.14 Å². The molecule has 2 aromatic carbocycles. The average molecular weight is 625 g/mol. The number of aromatic amines is 1. The summed E-state index contributed by atoms with van der Waals surface area (Å²) in [6.07, 6.45) is 8.89. The molecule has 6 aromatic rings. The highest BCUT2D eigenvalue weighted by molar-refractivity contribution is 7.71. The summed E-state index contributed by atoms with van der Waals surface area (Å²) in [6.45, 7) is 6.32. The molecule has 4 aromatic heterocycles. The molecule has 13 nitrogen and oxygen atoms in total. The van der Waals surface area contributed by atoms with E-state index in [9.17, 15) is 4.57 Å². The topological polar surface area (TPSA) is 148 Å². The van der Waals surface area contributed by atoms with Gasteiger partial charge in [0.05, 0.1) is 54.1 Å². The largest absolute Gasteiger partial charge is 0.494 e. The summed E-state index contributed by atoms with van der Waals surface area (Å²) in [6, 6.07) is 9.70. The molecule has 0 spiro atoms. The molecule has 1 aliphatic heterocycles. The number of hydrogen-bond donors (Lipinski definition) is 3. The molecule has 14 heteroatoms. The summed E-state index contributed by atoms with van der Waals surface area (Å²) < 4.78 is 26.8. The number of aryl methyl sites for hydroxylation is 1. The predicted octanol–water partition coefficient (Wildman–Crippen LogP) is 4.88. The van der Waals surface area contributed by atoms with Crippen molar-refractivity contribution in [1.29, 1.82) is 0 Å². The third kappa shape index (κ3) is 5.56. The highest BCUT2D eigenvalue weighted by atomic mass is 31.2. The van der Waals surface area contributed by atoms with Crippen LogP contribution in [0.5, 0.6) is 5.75 Å². The summed E-state index contributed by atoms with van der Waals surface area (Å²) >= 11 is 0. The number of anilines is 5. The van der Waals surface area contributed by atoms with Gasteiger partial charge < -0.3 is 34.6 Å². The molecular formula is C31H33N10O3P. The summed E-state index contributed by atoms with van der Waals surface area (Å²) in [4.78, 5) is 24.1. The number of fused-ring (bicyclic) bond motifs is 2. The van der Waals surface area contributed by atoms with Crippen LogP contribution in [0.2, 0.25) is 0 Å². The van der Waals surface area contributed by atoms with Gasteiger partial charge in [-0.25, -0.2) is 0 Å². The Kier molecular flexibility index (Phi) is 7.34. The van der Waals surface area contributed by atoms with E-state index in [0.29, 0.717) is 64.1 Å². The van der Waals surface area contributed by atoms with Crippen molar-refractivity contribution in [3.8, 4) is 16.9 Å². The molecule has 45 heavy (non-hydrogen) atoms. The number of nitrogens with one attached hydrogen (secondary N) is 3. The minimum atomic E-state index is -2.78. The molecular weight excluding hydrogens is 591 g/mol. The zero-order chi connectivity index (χ0) is 31.1. The first-order valence-electron chi connectivity index (χ1n) is 14.5. The van der Waals surface area contributed by atoms with Crippen LogP contribution in [-0.2, 0) is 16.3 Å². The smallest absolute Gasteiger partial charge is 0.231 e. The molecule has 0 amide bonds. The van der Waals surface area contributed by atoms with Crippen molar-refractivity contribution in [2.45, 2.75) is 0 Å². The summed E-state index contributed by atoms with van der Waals surface area (Å²) in [7, 11) is 0.769. The predicted molar refractivity (Wildman–Crippen MR) is 177 cm³/mol. The highest BCUT2D eigenvalue weighted by Crippen LogP contribution is 2.42. The third-order valence-electron chi connectivity index (χ3n) is 7.75. The Balaban J connectivity index is 1.31. The molecule has 3 N–H and O–H groups in total. The Bertz CT molecular complexity index is 2080. The van der Waals surface area contributed by atoms with Gasteiger partial charge in [0.2, 0.25) is 5.95 Å². The van der Waals surface area contributed by atoms with Crippen LogP contribution in [0.4, 0.5) is 28.8 Å². The lowest BCUT2D eigenvalue weighted by atomic mass is 10.0. The van der Waals surface area contributed by atoms with Crippen LogP contribution in [0.1, 0.15) is 0 Å². The van der Waals surface area contributed by atoms with Crippen LogP contribution in [0.25, 0.3) is 33.2 Å². The van der Waals surface area contributed by atoms with Gasteiger partial charge in [0.25, 0.3) is 0 Å². The van der Waals surface area contributed by atoms with Crippen molar-refractivity contribution in [1.82, 2.24) is 34.7 Å². The molecule has 0 radical (unpaired) electrons. The molecule has 0 atom stereocenters. The molecule has 0 saturated carbocycles. The first-order chi connectivity index (χ1) is 21.8. The molecule has 230 valence electrons. The number of H-pyrrole nitrogens is 1. The monoisotopic (exact) mass is 624 g/mol. The Labute approximate surface area is 259 Å². The quantitative estimate of drug-likeness (QED) is 0.199. The van der Waals surface area contributed by atoms with Crippen LogP contribution < -0.4 is 25.6 Å². The Morgan fingerprint density at radius 2 is 1.84 bits per heavy atom. The van der Waals surface area contributed by atoms with Crippen molar-refractivity contribution < 1.29 is 14.0 Å². The van der Waals surface area contributed by atoms with Gasteiger partial charge in [-0.05, 0) is 37.6 Å². The van der Waals surface area contributed by atoms with Crippen molar-refractivity contribution in [2.24, 2.45) is 7.05 Å². The number of rotatable bonds is 8. The van der Waals surface area contributed by atoms with Crippen LogP contribution >= 0.6 is 7.14 Å². The number of benzene rings is 2. The van der Waals surface area contributed by atoms with E-state index >= 15 is 0 Å². The lowest BCUT2D eigenvalue weighted by molar-refractivity contribution is 0.122. The maximum absolute atomic E-state index is 13.5. The second-order valence-corrected chi connectivity index (χ2v) is 14.3. The van der Waals surface area contributed by atoms with Gasteiger partial charge in [0.1, 0.15) is 29.9 Å². The van der Waals surface area contributed by atoms with Crippen molar-refractivity contribution in [3.05, 3.63) is 61.3 Å². The van der Waals surface area contributed by atoms with Crippen molar-refractivity contribution in [3.63, 3.8) is 0 Å². The fourth-order valence-corrected chi connectivity index (χ4v) is 7.09. The molecule has 0 bridgehead atoms. The fraction of sp³-hybridized carbons (Fsp3) is 0.258. The van der Waals surface area contributed by atoms with Crippen molar-refractivity contribution in [2.75, 3.05) is 62.3 Å². The molecule has 5 heterocycles. The van der Waals surface area contributed by atoms with Gasteiger partial charge in [0, 0.05) is 67.8 Å². The van der Waals surface area contributed by atoms with Gasteiger partial charge in [-0.3, -0.25) is 14.6 Å². The van der Waals surface area contributed by atoms with E-state index in [2.05, 4.69) is 35.6 Å². The summed E-state index contributed by atoms with van der Waals surface area (Å²) in [5, 5.41) is 12.6. The molecule has 0 unspecified atom stereocenters. The normalized spacial score (nSPS) is 13.8. The highest BCUT2D eigenvalue weighted by Gasteiger charge is 2.24. The third-order valence-corrected chi connectivity index (χ3v) is 9.28. The zero-order valence-electron chi connectivity index (χ0n) is 25.4. The summed E-state index contributed by atoms with van der Waals surface area (Å²) in [5.41, 5.74) is 6.25. The Morgan fingerprint density at radius 3 is 2.60 bits per heavy atom. The Morgan fingerprint density at radius 1 is 1.02 bits per heavy atom. The van der Waals surface area contributed by atoms with Crippen LogP contribution in [0, 0.1) is 0 Å². The number of aromatic nitrogens is 7. The second-order valence-electron chi connectivity index (χ2n) is 11.2. The SMILES string of the molecule is COc1cc(N2CCOCC2)c(-c2cnn(C)c2)cc1Nc1nc(Nc2ccc3nccnc3c2P(C)(C)=O)c2cc[nH]c2n1. The first kappa shape index (κ1) is 28.8. The number of hydrogen-bond acceptors (Lipinski definition) is 11. The first-order valence-corrected chi connectivity index (χ1v) is 17.1. The number of methoxy groups -OCH3 is 1. The van der Waals surface area contributed by atoms with E-state index in [1.54, 1.807) is 37.5 Å². The molecule has 0 aliphatic carbocycles. The molecule has 1 fully saturated rings. The van der Waals surface area contributed by atoms with Gasteiger partial charge in [-0.15, -0.1) is 0 Å².